The summed E-state index contributed by atoms with van der Waals surface area (Å²) in [5.74, 6) is 0.960. The molecule has 5 heteroatoms. The zero-order valence-corrected chi connectivity index (χ0v) is 15.2. The SMILES string of the molecule is Cc1ccc(C#N)c(N2CCN(C(=O)CCCc3ccccc3)CC2)n1. The van der Waals surface area contributed by atoms with Crippen LogP contribution in [0.25, 0.3) is 0 Å². The molecular formula is C21H24N4O. The van der Waals surface area contributed by atoms with E-state index in [-0.39, 0.29) is 5.91 Å². The van der Waals surface area contributed by atoms with Crippen LogP contribution in [0.2, 0.25) is 0 Å². The molecule has 134 valence electrons. The molecule has 1 aromatic heterocycles. The Morgan fingerprint density at radius 1 is 1.12 bits per heavy atom. The molecule has 0 unspecified atom stereocenters. The zero-order valence-electron chi connectivity index (χ0n) is 15.2. The first-order chi connectivity index (χ1) is 12.7. The number of hydrogen-bond donors (Lipinski definition) is 0. The fourth-order valence-corrected chi connectivity index (χ4v) is 3.29. The smallest absolute Gasteiger partial charge is 0.222 e. The molecule has 1 aliphatic rings. The van der Waals surface area contributed by atoms with Crippen LogP contribution in [0, 0.1) is 18.3 Å². The van der Waals surface area contributed by atoms with Crippen LogP contribution >= 0.6 is 0 Å². The molecule has 1 amide bonds. The number of carbonyl (C=O) groups is 1. The number of benzene rings is 1. The summed E-state index contributed by atoms with van der Waals surface area (Å²) in [6, 6.07) is 16.2. The van der Waals surface area contributed by atoms with Crippen molar-refractivity contribution in [2.45, 2.75) is 26.2 Å². The van der Waals surface area contributed by atoms with Gasteiger partial charge in [-0.2, -0.15) is 5.26 Å². The van der Waals surface area contributed by atoms with Gasteiger partial charge in [0, 0.05) is 38.3 Å². The van der Waals surface area contributed by atoms with Crippen molar-refractivity contribution in [2.24, 2.45) is 0 Å². The molecule has 0 bridgehead atoms. The first-order valence-electron chi connectivity index (χ1n) is 9.12. The van der Waals surface area contributed by atoms with Crippen LogP contribution in [0.15, 0.2) is 42.5 Å². The highest BCUT2D eigenvalue weighted by atomic mass is 16.2. The topological polar surface area (TPSA) is 60.2 Å². The van der Waals surface area contributed by atoms with Gasteiger partial charge in [-0.05, 0) is 37.5 Å². The highest BCUT2D eigenvalue weighted by molar-refractivity contribution is 5.76. The van der Waals surface area contributed by atoms with Crippen molar-refractivity contribution >= 4 is 11.7 Å². The van der Waals surface area contributed by atoms with Gasteiger partial charge in [0.2, 0.25) is 5.91 Å². The van der Waals surface area contributed by atoms with E-state index in [1.165, 1.54) is 5.56 Å². The van der Waals surface area contributed by atoms with Crippen molar-refractivity contribution in [3.63, 3.8) is 0 Å². The summed E-state index contributed by atoms with van der Waals surface area (Å²) >= 11 is 0. The maximum atomic E-state index is 12.4. The summed E-state index contributed by atoms with van der Waals surface area (Å²) in [6.07, 6.45) is 2.40. The Morgan fingerprint density at radius 3 is 2.54 bits per heavy atom. The second-order valence-electron chi connectivity index (χ2n) is 6.64. The first kappa shape index (κ1) is 17.9. The fraction of sp³-hybridized carbons (Fsp3) is 0.381. The van der Waals surface area contributed by atoms with Crippen molar-refractivity contribution in [1.82, 2.24) is 9.88 Å². The van der Waals surface area contributed by atoms with Crippen LogP contribution in [-0.4, -0.2) is 42.0 Å². The number of carbonyl (C=O) groups excluding carboxylic acids is 1. The lowest BCUT2D eigenvalue weighted by molar-refractivity contribution is -0.131. The molecule has 0 atom stereocenters. The van der Waals surface area contributed by atoms with Crippen LogP contribution in [0.3, 0.4) is 0 Å². The van der Waals surface area contributed by atoms with Gasteiger partial charge >= 0.3 is 0 Å². The Labute approximate surface area is 154 Å². The summed E-state index contributed by atoms with van der Waals surface area (Å²) in [5, 5.41) is 9.29. The number of pyridine rings is 1. The number of amides is 1. The number of aromatic nitrogens is 1. The predicted octanol–water partition coefficient (Wildman–Crippen LogP) is 2.93. The summed E-state index contributed by atoms with van der Waals surface area (Å²) in [6.45, 7) is 4.73. The molecule has 1 aliphatic heterocycles. The van der Waals surface area contributed by atoms with Gasteiger partial charge in [0.05, 0.1) is 5.56 Å². The van der Waals surface area contributed by atoms with Gasteiger partial charge in [0.1, 0.15) is 11.9 Å². The number of aryl methyl sites for hydroxylation is 2. The number of anilines is 1. The van der Waals surface area contributed by atoms with Gasteiger partial charge in [0.25, 0.3) is 0 Å². The predicted molar refractivity (Wildman–Crippen MR) is 102 cm³/mol. The minimum absolute atomic E-state index is 0.221. The van der Waals surface area contributed by atoms with E-state index >= 15 is 0 Å². The third-order valence-corrected chi connectivity index (χ3v) is 4.77. The molecule has 1 fully saturated rings. The number of nitriles is 1. The molecule has 2 aromatic rings. The second kappa shape index (κ2) is 8.48. The summed E-state index contributed by atoms with van der Waals surface area (Å²) in [7, 11) is 0. The maximum absolute atomic E-state index is 12.4. The Balaban J connectivity index is 1.50. The molecule has 26 heavy (non-hydrogen) atoms. The van der Waals surface area contributed by atoms with Crippen LogP contribution in [0.1, 0.15) is 29.7 Å². The van der Waals surface area contributed by atoms with Crippen LogP contribution in [0.5, 0.6) is 0 Å². The molecule has 0 saturated carbocycles. The zero-order chi connectivity index (χ0) is 18.4. The van der Waals surface area contributed by atoms with Gasteiger partial charge in [-0.3, -0.25) is 4.79 Å². The molecule has 0 aliphatic carbocycles. The highest BCUT2D eigenvalue weighted by Crippen LogP contribution is 2.20. The molecule has 0 spiro atoms. The van der Waals surface area contributed by atoms with Gasteiger partial charge in [0.15, 0.2) is 0 Å². The third kappa shape index (κ3) is 4.40. The minimum Gasteiger partial charge on any atom is -0.352 e. The summed E-state index contributed by atoms with van der Waals surface area (Å²) < 4.78 is 0. The van der Waals surface area contributed by atoms with E-state index in [0.717, 1.165) is 37.4 Å². The van der Waals surface area contributed by atoms with Crippen molar-refractivity contribution in [3.8, 4) is 6.07 Å². The number of rotatable bonds is 5. The summed E-state index contributed by atoms with van der Waals surface area (Å²) in [4.78, 5) is 21.0. The third-order valence-electron chi connectivity index (χ3n) is 4.77. The second-order valence-corrected chi connectivity index (χ2v) is 6.64. The van der Waals surface area contributed by atoms with Crippen LogP contribution in [-0.2, 0) is 11.2 Å². The maximum Gasteiger partial charge on any atom is 0.222 e. The van der Waals surface area contributed by atoms with Crippen molar-refractivity contribution in [1.29, 1.82) is 5.26 Å². The Bertz CT molecular complexity index is 789. The van der Waals surface area contributed by atoms with Gasteiger partial charge in [-0.25, -0.2) is 4.98 Å². The normalized spacial score (nSPS) is 14.2. The monoisotopic (exact) mass is 348 g/mol. The lowest BCUT2D eigenvalue weighted by Gasteiger charge is -2.36. The van der Waals surface area contributed by atoms with E-state index in [0.29, 0.717) is 25.1 Å². The molecule has 2 heterocycles. The molecule has 0 radical (unpaired) electrons. The molecule has 0 N–H and O–H groups in total. The quantitative estimate of drug-likeness (QED) is 0.833. The lowest BCUT2D eigenvalue weighted by Crippen LogP contribution is -2.49. The van der Waals surface area contributed by atoms with Crippen molar-refractivity contribution < 1.29 is 4.79 Å². The molecular weight excluding hydrogens is 324 g/mol. The van der Waals surface area contributed by atoms with E-state index in [4.69, 9.17) is 0 Å². The van der Waals surface area contributed by atoms with Crippen LogP contribution in [0.4, 0.5) is 5.82 Å². The fourth-order valence-electron chi connectivity index (χ4n) is 3.29. The first-order valence-corrected chi connectivity index (χ1v) is 9.12. The highest BCUT2D eigenvalue weighted by Gasteiger charge is 2.23. The lowest BCUT2D eigenvalue weighted by atomic mass is 10.1. The number of piperazine rings is 1. The number of hydrogen-bond acceptors (Lipinski definition) is 4. The largest absolute Gasteiger partial charge is 0.352 e. The van der Waals surface area contributed by atoms with E-state index < -0.39 is 0 Å². The molecule has 1 saturated heterocycles. The van der Waals surface area contributed by atoms with Crippen LogP contribution < -0.4 is 4.90 Å². The van der Waals surface area contributed by atoms with Gasteiger partial charge in [-0.1, -0.05) is 30.3 Å². The van der Waals surface area contributed by atoms with E-state index in [1.807, 2.05) is 42.2 Å². The summed E-state index contributed by atoms with van der Waals surface area (Å²) in [5.41, 5.74) is 2.77. The minimum atomic E-state index is 0.221. The van der Waals surface area contributed by atoms with E-state index in [9.17, 15) is 10.1 Å². The molecule has 1 aromatic carbocycles. The Kier molecular flexibility index (Phi) is 5.85. The average molecular weight is 348 g/mol. The molecule has 3 rings (SSSR count). The van der Waals surface area contributed by atoms with Crippen molar-refractivity contribution in [3.05, 3.63) is 59.3 Å². The van der Waals surface area contributed by atoms with E-state index in [2.05, 4.69) is 28.1 Å². The Morgan fingerprint density at radius 2 is 1.85 bits per heavy atom. The average Bonchev–Trinajstić information content (AvgIpc) is 2.69. The van der Waals surface area contributed by atoms with Crippen molar-refractivity contribution in [2.75, 3.05) is 31.1 Å². The van der Waals surface area contributed by atoms with Gasteiger partial charge < -0.3 is 9.80 Å². The number of nitrogens with zero attached hydrogens (tertiary/aromatic N) is 4. The van der Waals surface area contributed by atoms with Gasteiger partial charge in [-0.15, -0.1) is 0 Å². The Hall–Kier alpha value is -2.87. The van der Waals surface area contributed by atoms with E-state index in [1.54, 1.807) is 0 Å². The molecule has 5 nitrogen and oxygen atoms in total. The standard InChI is InChI=1S/C21H24N4O/c1-17-10-11-19(16-22)21(23-17)25-14-12-24(13-15-25)20(26)9-5-8-18-6-3-2-4-7-18/h2-4,6-7,10-11H,5,8-9,12-15H2,1H3.